The smallest absolute Gasteiger partial charge is 0.260 e. The molecule has 0 aliphatic rings. The molecule has 0 aliphatic carbocycles. The van der Waals surface area contributed by atoms with E-state index in [1.54, 1.807) is 0 Å². The van der Waals surface area contributed by atoms with Crippen LogP contribution in [0.15, 0.2) is 75.8 Å². The molecule has 0 atom stereocenters. The average Bonchev–Trinajstić information content (AvgIpc) is 3.12. The van der Waals surface area contributed by atoms with E-state index in [-0.39, 0.29) is 5.56 Å². The Kier molecular flexibility index (Phi) is 5.04. The quantitative estimate of drug-likeness (QED) is 0.395. The molecule has 5 nitrogen and oxygen atoms in total. The second kappa shape index (κ2) is 7.77. The van der Waals surface area contributed by atoms with Crippen molar-refractivity contribution in [3.63, 3.8) is 0 Å². The predicted octanol–water partition coefficient (Wildman–Crippen LogP) is 4.53. The van der Waals surface area contributed by atoms with E-state index in [4.69, 9.17) is 5.73 Å². The molecule has 0 saturated carbocycles. The molecule has 0 bridgehead atoms. The minimum absolute atomic E-state index is 0.130. The normalized spacial score (nSPS) is 11.8. The van der Waals surface area contributed by atoms with Gasteiger partial charge in [-0.15, -0.1) is 11.3 Å². The summed E-state index contributed by atoms with van der Waals surface area (Å²) < 4.78 is 0. The van der Waals surface area contributed by atoms with Crippen LogP contribution in [-0.2, 0) is 5.75 Å². The van der Waals surface area contributed by atoms with Gasteiger partial charge in [0.05, 0.1) is 16.8 Å². The van der Waals surface area contributed by atoms with Gasteiger partial charge in [0.1, 0.15) is 10.7 Å². The van der Waals surface area contributed by atoms with E-state index in [1.807, 2.05) is 66.0 Å². The summed E-state index contributed by atoms with van der Waals surface area (Å²) >= 11 is 2.82. The molecule has 2 heterocycles. The third kappa shape index (κ3) is 3.94. The fourth-order valence-corrected chi connectivity index (χ4v) is 4.25. The number of thioether (sulfide) groups is 1. The number of thiophene rings is 1. The summed E-state index contributed by atoms with van der Waals surface area (Å²) in [7, 11) is 0. The molecule has 7 heteroatoms. The zero-order valence-electron chi connectivity index (χ0n) is 14.3. The summed E-state index contributed by atoms with van der Waals surface area (Å²) in [6.45, 7) is 0. The third-order valence-electron chi connectivity index (χ3n) is 3.93. The molecular formula is C20H16N4OS2. The lowest BCUT2D eigenvalue weighted by molar-refractivity contribution is 1.05. The number of aromatic amines is 1. The van der Waals surface area contributed by atoms with E-state index in [9.17, 15) is 4.79 Å². The van der Waals surface area contributed by atoms with Crippen LogP contribution in [-0.4, -0.2) is 15.1 Å². The highest BCUT2D eigenvalue weighted by Crippen LogP contribution is 2.30. The van der Waals surface area contributed by atoms with Gasteiger partial charge in [-0.1, -0.05) is 60.3 Å². The Morgan fingerprint density at radius 3 is 2.56 bits per heavy atom. The van der Waals surface area contributed by atoms with Gasteiger partial charge in [-0.25, -0.2) is 9.98 Å². The number of nitrogens with one attached hydrogen (secondary N) is 1. The number of hydrogen-bond acceptors (Lipinski definition) is 5. The van der Waals surface area contributed by atoms with Gasteiger partial charge in [0, 0.05) is 10.9 Å². The van der Waals surface area contributed by atoms with E-state index in [2.05, 4.69) is 15.0 Å². The van der Waals surface area contributed by atoms with E-state index in [0.29, 0.717) is 22.1 Å². The molecule has 0 saturated heterocycles. The van der Waals surface area contributed by atoms with Crippen molar-refractivity contribution < 1.29 is 0 Å². The highest BCUT2D eigenvalue weighted by atomic mass is 32.2. The molecular weight excluding hydrogens is 376 g/mol. The van der Waals surface area contributed by atoms with Crippen LogP contribution < -0.4 is 11.3 Å². The molecule has 2 aromatic carbocycles. The first-order valence-electron chi connectivity index (χ1n) is 8.28. The summed E-state index contributed by atoms with van der Waals surface area (Å²) in [5.41, 5.74) is 8.57. The fraction of sp³-hybridized carbons (Fsp3) is 0.0500. The molecule has 134 valence electrons. The highest BCUT2D eigenvalue weighted by molar-refractivity contribution is 8.13. The molecule has 4 aromatic rings. The van der Waals surface area contributed by atoms with Crippen molar-refractivity contribution in [1.29, 1.82) is 0 Å². The zero-order chi connectivity index (χ0) is 18.6. The number of nitrogens with two attached hydrogens (primary N) is 1. The van der Waals surface area contributed by atoms with E-state index < -0.39 is 0 Å². The van der Waals surface area contributed by atoms with Crippen LogP contribution in [0.3, 0.4) is 0 Å². The number of nitrogens with zero attached hydrogens (tertiary/aromatic N) is 2. The minimum Gasteiger partial charge on any atom is -0.378 e. The van der Waals surface area contributed by atoms with Gasteiger partial charge in [-0.05, 0) is 17.7 Å². The van der Waals surface area contributed by atoms with Crippen LogP contribution >= 0.6 is 23.1 Å². The number of aromatic nitrogens is 2. The molecule has 2 aromatic heterocycles. The number of hydrogen-bond donors (Lipinski definition) is 2. The zero-order valence-corrected chi connectivity index (χ0v) is 15.9. The van der Waals surface area contributed by atoms with Crippen LogP contribution in [0, 0.1) is 0 Å². The monoisotopic (exact) mass is 392 g/mol. The molecule has 27 heavy (non-hydrogen) atoms. The summed E-state index contributed by atoms with van der Waals surface area (Å²) in [5, 5.41) is 3.04. The number of para-hydroxylation sites is 1. The van der Waals surface area contributed by atoms with E-state index in [1.165, 1.54) is 23.1 Å². The predicted molar refractivity (Wildman–Crippen MR) is 115 cm³/mol. The topological polar surface area (TPSA) is 84.1 Å². The Morgan fingerprint density at radius 1 is 1.11 bits per heavy atom. The first kappa shape index (κ1) is 17.5. The molecule has 4 rings (SSSR count). The van der Waals surface area contributed by atoms with Gasteiger partial charge in [0.25, 0.3) is 5.56 Å². The Balaban J connectivity index is 1.58. The van der Waals surface area contributed by atoms with Crippen molar-refractivity contribution in [2.45, 2.75) is 5.75 Å². The first-order valence-corrected chi connectivity index (χ1v) is 10.1. The lowest BCUT2D eigenvalue weighted by Crippen LogP contribution is -2.12. The van der Waals surface area contributed by atoms with Crippen LogP contribution in [0.25, 0.3) is 21.3 Å². The SMILES string of the molecule is NC(=Nc1ccccc1)SCc1nc2scc(-c3ccccc3)c2c(=O)[nH]1. The highest BCUT2D eigenvalue weighted by Gasteiger charge is 2.13. The molecule has 0 unspecified atom stereocenters. The third-order valence-corrected chi connectivity index (χ3v) is 5.61. The van der Waals surface area contributed by atoms with Gasteiger partial charge < -0.3 is 10.7 Å². The number of amidine groups is 1. The van der Waals surface area contributed by atoms with Crippen molar-refractivity contribution in [2.75, 3.05) is 0 Å². The van der Waals surface area contributed by atoms with Gasteiger partial charge >= 0.3 is 0 Å². The van der Waals surface area contributed by atoms with E-state index >= 15 is 0 Å². The Hall–Kier alpha value is -2.90. The molecule has 0 amide bonds. The standard InChI is InChI=1S/C20H16N4OS2/c21-20(22-14-9-5-2-6-10-14)27-12-16-23-18(25)17-15(11-26-19(17)24-16)13-7-3-1-4-8-13/h1-11H,12H2,(H2,21,22)(H,23,24,25). The number of aliphatic imine (C=N–C) groups is 1. The van der Waals surface area contributed by atoms with Gasteiger partial charge in [-0.2, -0.15) is 0 Å². The average molecular weight is 393 g/mol. The molecule has 0 spiro atoms. The van der Waals surface area contributed by atoms with Crippen LogP contribution in [0.5, 0.6) is 0 Å². The Labute approximate surface area is 164 Å². The van der Waals surface area contributed by atoms with Crippen LogP contribution in [0.1, 0.15) is 5.82 Å². The lowest BCUT2D eigenvalue weighted by atomic mass is 10.1. The maximum atomic E-state index is 12.6. The first-order chi connectivity index (χ1) is 13.2. The number of H-pyrrole nitrogens is 1. The van der Waals surface area contributed by atoms with Crippen molar-refractivity contribution >= 4 is 44.2 Å². The van der Waals surface area contributed by atoms with Crippen molar-refractivity contribution in [3.05, 3.63) is 82.2 Å². The summed E-state index contributed by atoms with van der Waals surface area (Å²) in [6.07, 6.45) is 0. The summed E-state index contributed by atoms with van der Waals surface area (Å²) in [4.78, 5) is 25.2. The number of rotatable bonds is 4. The van der Waals surface area contributed by atoms with Crippen LogP contribution in [0.2, 0.25) is 0 Å². The largest absolute Gasteiger partial charge is 0.378 e. The molecule has 0 aliphatic heterocycles. The van der Waals surface area contributed by atoms with Gasteiger partial charge in [0.2, 0.25) is 0 Å². The second-order valence-corrected chi connectivity index (χ2v) is 7.64. The number of benzene rings is 2. The molecule has 3 N–H and O–H groups in total. The lowest BCUT2D eigenvalue weighted by Gasteiger charge is -2.03. The molecule has 0 fully saturated rings. The summed E-state index contributed by atoms with van der Waals surface area (Å²) in [5.74, 6) is 1.04. The van der Waals surface area contributed by atoms with Gasteiger partial charge in [0.15, 0.2) is 5.17 Å². The Morgan fingerprint density at radius 2 is 1.81 bits per heavy atom. The van der Waals surface area contributed by atoms with Gasteiger partial charge in [-0.3, -0.25) is 4.79 Å². The van der Waals surface area contributed by atoms with Crippen molar-refractivity contribution in [3.8, 4) is 11.1 Å². The second-order valence-electron chi connectivity index (χ2n) is 5.78. The van der Waals surface area contributed by atoms with Crippen molar-refractivity contribution in [2.24, 2.45) is 10.7 Å². The fourth-order valence-electron chi connectivity index (χ4n) is 2.70. The number of fused-ring (bicyclic) bond motifs is 1. The van der Waals surface area contributed by atoms with Crippen LogP contribution in [0.4, 0.5) is 5.69 Å². The van der Waals surface area contributed by atoms with Crippen molar-refractivity contribution in [1.82, 2.24) is 9.97 Å². The minimum atomic E-state index is -0.130. The maximum absolute atomic E-state index is 12.6. The molecule has 0 radical (unpaired) electrons. The Bertz CT molecular complexity index is 1150. The maximum Gasteiger partial charge on any atom is 0.260 e. The summed E-state index contributed by atoms with van der Waals surface area (Å²) in [6, 6.07) is 19.4. The van der Waals surface area contributed by atoms with E-state index in [0.717, 1.165) is 21.6 Å².